The van der Waals surface area contributed by atoms with Gasteiger partial charge in [-0.3, -0.25) is 0 Å². The van der Waals surface area contributed by atoms with Crippen LogP contribution in [0.25, 0.3) is 0 Å². The summed E-state index contributed by atoms with van der Waals surface area (Å²) in [6.45, 7) is 2.02. The number of hydrogen-bond donors (Lipinski definition) is 1. The van der Waals surface area contributed by atoms with Crippen molar-refractivity contribution in [2.45, 2.75) is 38.3 Å². The third kappa shape index (κ3) is 2.89. The van der Waals surface area contributed by atoms with Crippen molar-refractivity contribution in [1.29, 1.82) is 0 Å². The van der Waals surface area contributed by atoms with Gasteiger partial charge in [0.25, 0.3) is 0 Å². The minimum Gasteiger partial charge on any atom is -0.396 e. The zero-order valence-corrected chi connectivity index (χ0v) is 14.0. The maximum atomic E-state index is 13.5. The van der Waals surface area contributed by atoms with E-state index in [4.69, 9.17) is 4.74 Å². The number of aliphatic hydroxyl groups is 1. The molecule has 2 atom stereocenters. The smallest absolute Gasteiger partial charge is 0.396 e. The molecule has 1 aromatic rings. The molecule has 2 saturated heterocycles. The molecular formula is C17H22F3N3O2. The molecule has 5 nitrogen and oxygen atoms in total. The van der Waals surface area contributed by atoms with E-state index >= 15 is 0 Å². The lowest BCUT2D eigenvalue weighted by Gasteiger charge is -2.36. The van der Waals surface area contributed by atoms with Gasteiger partial charge < -0.3 is 14.7 Å². The number of rotatable bonds is 2. The normalized spacial score (nSPS) is 29.4. The second kappa shape index (κ2) is 6.09. The van der Waals surface area contributed by atoms with Gasteiger partial charge in [-0.15, -0.1) is 0 Å². The number of aryl methyl sites for hydroxylation is 1. The third-order valence-corrected chi connectivity index (χ3v) is 5.85. The predicted molar refractivity (Wildman–Crippen MR) is 84.3 cm³/mol. The molecule has 3 aliphatic rings. The molecular weight excluding hydrogens is 335 g/mol. The van der Waals surface area contributed by atoms with Crippen LogP contribution in [0.4, 0.5) is 19.1 Å². The Bertz CT molecular complexity index is 667. The van der Waals surface area contributed by atoms with Gasteiger partial charge in [-0.2, -0.15) is 13.2 Å². The van der Waals surface area contributed by atoms with Gasteiger partial charge in [-0.25, -0.2) is 9.97 Å². The standard InChI is InChI=1S/C17H22F3N3O2/c18-17(19,20)14-12-3-1-2-4-13(12)21-15(22-14)23-7-11-5-6-25-10-16(11,8-23)9-24/h11,24H,1-10H2/t11-,16+/m0/s1. The second-order valence-electron chi connectivity index (χ2n) is 7.44. The number of halogens is 3. The molecule has 3 heterocycles. The van der Waals surface area contributed by atoms with Gasteiger partial charge in [-0.1, -0.05) is 0 Å². The van der Waals surface area contributed by atoms with Crippen molar-refractivity contribution >= 4 is 5.95 Å². The number of aromatic nitrogens is 2. The van der Waals surface area contributed by atoms with Crippen molar-refractivity contribution in [2.24, 2.45) is 11.3 Å². The van der Waals surface area contributed by atoms with Crippen LogP contribution < -0.4 is 4.90 Å². The Hall–Kier alpha value is -1.41. The van der Waals surface area contributed by atoms with E-state index in [1.165, 1.54) is 0 Å². The minimum atomic E-state index is -4.47. The van der Waals surface area contributed by atoms with Crippen LogP contribution >= 0.6 is 0 Å². The fourth-order valence-electron chi connectivity index (χ4n) is 4.43. The SMILES string of the molecule is OC[C@]12COCC[C@H]1CN(c1nc3c(c(C(F)(F)F)n1)CCCC3)C2. The summed E-state index contributed by atoms with van der Waals surface area (Å²) in [6.07, 6.45) is -1.11. The summed E-state index contributed by atoms with van der Waals surface area (Å²) in [5.74, 6) is 0.343. The molecule has 2 fully saturated rings. The second-order valence-corrected chi connectivity index (χ2v) is 7.44. The van der Waals surface area contributed by atoms with E-state index in [0.717, 1.165) is 19.3 Å². The van der Waals surface area contributed by atoms with Gasteiger partial charge in [-0.05, 0) is 38.0 Å². The quantitative estimate of drug-likeness (QED) is 0.880. The van der Waals surface area contributed by atoms with Gasteiger partial charge in [0.15, 0.2) is 5.69 Å². The van der Waals surface area contributed by atoms with Gasteiger partial charge in [0.1, 0.15) is 0 Å². The molecule has 1 aliphatic carbocycles. The molecule has 0 unspecified atom stereocenters. The highest BCUT2D eigenvalue weighted by Gasteiger charge is 2.49. The molecule has 2 aliphatic heterocycles. The Morgan fingerprint density at radius 1 is 1.24 bits per heavy atom. The molecule has 8 heteroatoms. The van der Waals surface area contributed by atoms with Crippen molar-refractivity contribution in [3.63, 3.8) is 0 Å². The van der Waals surface area contributed by atoms with Gasteiger partial charge in [0.2, 0.25) is 5.95 Å². The molecule has 0 spiro atoms. The molecule has 0 saturated carbocycles. The predicted octanol–water partition coefficient (Wildman–Crippen LogP) is 2.21. The monoisotopic (exact) mass is 357 g/mol. The average Bonchev–Trinajstić information content (AvgIpc) is 3.00. The highest BCUT2D eigenvalue weighted by atomic mass is 19.4. The van der Waals surface area contributed by atoms with E-state index in [9.17, 15) is 18.3 Å². The van der Waals surface area contributed by atoms with Crippen LogP contribution in [-0.4, -0.2) is 48.0 Å². The Morgan fingerprint density at radius 2 is 2.04 bits per heavy atom. The molecule has 25 heavy (non-hydrogen) atoms. The van der Waals surface area contributed by atoms with E-state index in [0.29, 0.717) is 44.8 Å². The number of ether oxygens (including phenoxy) is 1. The molecule has 0 aromatic carbocycles. The molecule has 138 valence electrons. The summed E-state index contributed by atoms with van der Waals surface area (Å²) in [4.78, 5) is 10.2. The largest absolute Gasteiger partial charge is 0.433 e. The van der Waals surface area contributed by atoms with Crippen LogP contribution in [-0.2, 0) is 23.8 Å². The lowest BCUT2D eigenvalue weighted by molar-refractivity contribution is -0.142. The van der Waals surface area contributed by atoms with E-state index in [1.54, 1.807) is 4.90 Å². The first-order valence-electron chi connectivity index (χ1n) is 8.83. The van der Waals surface area contributed by atoms with Gasteiger partial charge >= 0.3 is 6.18 Å². The number of fused-ring (bicyclic) bond motifs is 2. The summed E-state index contributed by atoms with van der Waals surface area (Å²) < 4.78 is 46.1. The molecule has 1 N–H and O–H groups in total. The van der Waals surface area contributed by atoms with Crippen LogP contribution in [0.15, 0.2) is 0 Å². The maximum Gasteiger partial charge on any atom is 0.433 e. The molecule has 0 bridgehead atoms. The number of alkyl halides is 3. The van der Waals surface area contributed by atoms with Crippen molar-refractivity contribution in [2.75, 3.05) is 37.8 Å². The highest BCUT2D eigenvalue weighted by molar-refractivity contribution is 5.41. The fraction of sp³-hybridized carbons (Fsp3) is 0.765. The van der Waals surface area contributed by atoms with Crippen molar-refractivity contribution < 1.29 is 23.0 Å². The first-order chi connectivity index (χ1) is 11.9. The number of aliphatic hydroxyl groups excluding tert-OH is 1. The van der Waals surface area contributed by atoms with Gasteiger partial charge in [0.05, 0.1) is 13.2 Å². The van der Waals surface area contributed by atoms with E-state index in [1.807, 2.05) is 0 Å². The summed E-state index contributed by atoms with van der Waals surface area (Å²) in [5.41, 5.74) is -0.404. The Labute approximate surface area is 144 Å². The van der Waals surface area contributed by atoms with Crippen molar-refractivity contribution in [1.82, 2.24) is 9.97 Å². The average molecular weight is 357 g/mol. The highest BCUT2D eigenvalue weighted by Crippen LogP contribution is 2.43. The summed E-state index contributed by atoms with van der Waals surface area (Å²) in [6, 6.07) is 0. The molecule has 0 amide bonds. The van der Waals surface area contributed by atoms with E-state index < -0.39 is 17.3 Å². The van der Waals surface area contributed by atoms with E-state index in [-0.39, 0.29) is 24.0 Å². The lowest BCUT2D eigenvalue weighted by atomic mass is 9.76. The Kier molecular flexibility index (Phi) is 4.15. The Balaban J connectivity index is 1.71. The Morgan fingerprint density at radius 3 is 2.76 bits per heavy atom. The minimum absolute atomic E-state index is 0.0365. The van der Waals surface area contributed by atoms with E-state index in [2.05, 4.69) is 9.97 Å². The third-order valence-electron chi connectivity index (χ3n) is 5.85. The number of hydrogen-bond acceptors (Lipinski definition) is 5. The van der Waals surface area contributed by atoms with Crippen LogP contribution in [0.3, 0.4) is 0 Å². The zero-order chi connectivity index (χ0) is 17.7. The van der Waals surface area contributed by atoms with Crippen LogP contribution in [0.5, 0.6) is 0 Å². The number of anilines is 1. The zero-order valence-electron chi connectivity index (χ0n) is 14.0. The lowest BCUT2D eigenvalue weighted by Crippen LogP contribution is -2.43. The summed E-state index contributed by atoms with van der Waals surface area (Å²) in [7, 11) is 0. The number of nitrogens with zero attached hydrogens (tertiary/aromatic N) is 3. The molecule has 0 radical (unpaired) electrons. The molecule has 4 rings (SSSR count). The van der Waals surface area contributed by atoms with Gasteiger partial charge in [0, 0.05) is 36.4 Å². The van der Waals surface area contributed by atoms with Crippen molar-refractivity contribution in [3.8, 4) is 0 Å². The van der Waals surface area contributed by atoms with Crippen LogP contribution in [0, 0.1) is 11.3 Å². The summed E-state index contributed by atoms with van der Waals surface area (Å²) >= 11 is 0. The van der Waals surface area contributed by atoms with Crippen LogP contribution in [0.1, 0.15) is 36.2 Å². The topological polar surface area (TPSA) is 58.5 Å². The van der Waals surface area contributed by atoms with Crippen molar-refractivity contribution in [3.05, 3.63) is 17.0 Å². The first kappa shape index (κ1) is 17.0. The molecule has 1 aromatic heterocycles. The van der Waals surface area contributed by atoms with Crippen LogP contribution in [0.2, 0.25) is 0 Å². The first-order valence-corrected chi connectivity index (χ1v) is 8.83. The summed E-state index contributed by atoms with van der Waals surface area (Å²) in [5, 5.41) is 9.87. The fourth-order valence-corrected chi connectivity index (χ4v) is 4.43. The maximum absolute atomic E-state index is 13.5.